The molecule has 0 heterocycles. The fraction of sp³-hybridized carbons (Fsp3) is 0.381. The normalized spacial score (nSPS) is 11.0. The van der Waals surface area contributed by atoms with E-state index in [0.29, 0.717) is 0 Å². The molecule has 0 aliphatic carbocycles. The van der Waals surface area contributed by atoms with Crippen LogP contribution >= 0.6 is 12.4 Å². The van der Waals surface area contributed by atoms with E-state index in [1.807, 2.05) is 36.4 Å². The van der Waals surface area contributed by atoms with Crippen molar-refractivity contribution in [1.82, 2.24) is 10.2 Å². The maximum Gasteiger partial charge on any atom is 0.234 e. The third kappa shape index (κ3) is 4.62. The Morgan fingerprint density at radius 2 is 1.36 bits per heavy atom. The van der Waals surface area contributed by atoms with Gasteiger partial charge in [-0.3, -0.25) is 4.79 Å². The summed E-state index contributed by atoms with van der Waals surface area (Å²) < 4.78 is 0. The van der Waals surface area contributed by atoms with Crippen molar-refractivity contribution in [2.45, 2.75) is 25.7 Å². The molecule has 0 spiro atoms. The van der Waals surface area contributed by atoms with Gasteiger partial charge in [0.05, 0.1) is 0 Å². The first-order valence-corrected chi connectivity index (χ1v) is 8.74. The molecule has 0 aromatic heterocycles. The van der Waals surface area contributed by atoms with E-state index in [1.165, 1.54) is 0 Å². The molecule has 0 atom stereocenters. The smallest absolute Gasteiger partial charge is 0.234 e. The SMILES string of the molecule is CCN(CC)CCC(C(=O)NC)(c1ccccc1)c1ccccc1.Cl. The molecule has 1 N–H and O–H groups in total. The zero-order chi connectivity index (χ0) is 17.4. The second-order valence-electron chi connectivity index (χ2n) is 5.99. The minimum Gasteiger partial charge on any atom is -0.358 e. The summed E-state index contributed by atoms with van der Waals surface area (Å²) in [5, 5.41) is 2.91. The van der Waals surface area contributed by atoms with Crippen LogP contribution in [-0.4, -0.2) is 37.5 Å². The number of nitrogens with zero attached hydrogens (tertiary/aromatic N) is 1. The Balaban J connectivity index is 0.00000312. The molecule has 0 radical (unpaired) electrons. The van der Waals surface area contributed by atoms with Crippen LogP contribution in [0.15, 0.2) is 60.7 Å². The number of likely N-dealkylation sites (N-methyl/N-ethyl adjacent to an activating group) is 1. The van der Waals surface area contributed by atoms with Crippen LogP contribution in [0.3, 0.4) is 0 Å². The molecule has 0 aliphatic heterocycles. The highest BCUT2D eigenvalue weighted by molar-refractivity contribution is 5.92. The predicted octanol–water partition coefficient (Wildman–Crippen LogP) is 3.87. The van der Waals surface area contributed by atoms with Crippen molar-refractivity contribution in [3.63, 3.8) is 0 Å². The van der Waals surface area contributed by atoms with E-state index < -0.39 is 5.41 Å². The maximum atomic E-state index is 13.1. The molecule has 0 saturated carbocycles. The van der Waals surface area contributed by atoms with Crippen molar-refractivity contribution in [2.24, 2.45) is 0 Å². The first-order valence-electron chi connectivity index (χ1n) is 8.74. The molecule has 0 fully saturated rings. The number of hydrogen-bond donors (Lipinski definition) is 1. The molecule has 3 nitrogen and oxygen atoms in total. The highest BCUT2D eigenvalue weighted by Gasteiger charge is 2.41. The lowest BCUT2D eigenvalue weighted by atomic mass is 9.71. The molecule has 0 saturated heterocycles. The van der Waals surface area contributed by atoms with Gasteiger partial charge in [-0.25, -0.2) is 0 Å². The van der Waals surface area contributed by atoms with Gasteiger partial charge in [0.25, 0.3) is 0 Å². The molecule has 2 rings (SSSR count). The number of halogens is 1. The Bertz CT molecular complexity index is 587. The largest absolute Gasteiger partial charge is 0.358 e. The van der Waals surface area contributed by atoms with Crippen LogP contribution in [0.2, 0.25) is 0 Å². The first-order chi connectivity index (χ1) is 11.7. The highest BCUT2D eigenvalue weighted by Crippen LogP contribution is 2.36. The van der Waals surface area contributed by atoms with E-state index in [2.05, 4.69) is 48.3 Å². The molecule has 1 amide bonds. The summed E-state index contributed by atoms with van der Waals surface area (Å²) in [6.45, 7) is 7.18. The Kier molecular flexibility index (Phi) is 8.67. The minimum absolute atomic E-state index is 0. The summed E-state index contributed by atoms with van der Waals surface area (Å²) in [7, 11) is 1.72. The first kappa shape index (κ1) is 21.2. The van der Waals surface area contributed by atoms with Crippen LogP contribution < -0.4 is 5.32 Å². The molecule has 2 aromatic rings. The van der Waals surface area contributed by atoms with Gasteiger partial charge in [0, 0.05) is 7.05 Å². The van der Waals surface area contributed by atoms with Gasteiger partial charge in [-0.15, -0.1) is 12.4 Å². The molecule has 0 unspecified atom stereocenters. The third-order valence-corrected chi connectivity index (χ3v) is 4.85. The van der Waals surface area contributed by atoms with Gasteiger partial charge in [-0.05, 0) is 37.2 Å². The van der Waals surface area contributed by atoms with Crippen molar-refractivity contribution >= 4 is 18.3 Å². The Morgan fingerprint density at radius 3 is 1.72 bits per heavy atom. The zero-order valence-corrected chi connectivity index (χ0v) is 16.2. The third-order valence-electron chi connectivity index (χ3n) is 4.85. The van der Waals surface area contributed by atoms with Crippen molar-refractivity contribution in [2.75, 3.05) is 26.7 Å². The van der Waals surface area contributed by atoms with Crippen LogP contribution in [0, 0.1) is 0 Å². The lowest BCUT2D eigenvalue weighted by Gasteiger charge is -2.35. The lowest BCUT2D eigenvalue weighted by Crippen LogP contribution is -2.46. The van der Waals surface area contributed by atoms with Crippen LogP contribution in [0.4, 0.5) is 0 Å². The fourth-order valence-electron chi connectivity index (χ4n) is 3.36. The number of benzene rings is 2. The predicted molar refractivity (Wildman–Crippen MR) is 107 cm³/mol. The average molecular weight is 361 g/mol. The summed E-state index contributed by atoms with van der Waals surface area (Å²) in [6.07, 6.45) is 0.752. The van der Waals surface area contributed by atoms with Gasteiger partial charge in [-0.2, -0.15) is 0 Å². The monoisotopic (exact) mass is 360 g/mol. The molecule has 0 bridgehead atoms. The van der Waals surface area contributed by atoms with Gasteiger partial charge < -0.3 is 10.2 Å². The van der Waals surface area contributed by atoms with Crippen LogP contribution in [0.1, 0.15) is 31.4 Å². The van der Waals surface area contributed by atoms with Gasteiger partial charge in [-0.1, -0.05) is 74.5 Å². The summed E-state index contributed by atoms with van der Waals surface area (Å²) in [6, 6.07) is 20.3. The van der Waals surface area contributed by atoms with Crippen molar-refractivity contribution in [1.29, 1.82) is 0 Å². The van der Waals surface area contributed by atoms with Crippen molar-refractivity contribution in [3.8, 4) is 0 Å². The number of carbonyl (C=O) groups is 1. The van der Waals surface area contributed by atoms with E-state index in [0.717, 1.165) is 37.2 Å². The average Bonchev–Trinajstić information content (AvgIpc) is 2.66. The van der Waals surface area contributed by atoms with Gasteiger partial charge in [0.1, 0.15) is 5.41 Å². The van der Waals surface area contributed by atoms with Crippen molar-refractivity contribution in [3.05, 3.63) is 71.8 Å². The van der Waals surface area contributed by atoms with Gasteiger partial charge >= 0.3 is 0 Å². The molecule has 136 valence electrons. The lowest BCUT2D eigenvalue weighted by molar-refractivity contribution is -0.125. The van der Waals surface area contributed by atoms with Crippen LogP contribution in [0.25, 0.3) is 0 Å². The van der Waals surface area contributed by atoms with Crippen LogP contribution in [0.5, 0.6) is 0 Å². The minimum atomic E-state index is -0.667. The summed E-state index contributed by atoms with van der Waals surface area (Å²) >= 11 is 0. The number of carbonyl (C=O) groups excluding carboxylic acids is 1. The molecule has 2 aromatic carbocycles. The van der Waals surface area contributed by atoms with Gasteiger partial charge in [0.2, 0.25) is 5.91 Å². The van der Waals surface area contributed by atoms with E-state index in [4.69, 9.17) is 0 Å². The summed E-state index contributed by atoms with van der Waals surface area (Å²) in [5.74, 6) is 0.0482. The quantitative estimate of drug-likeness (QED) is 0.775. The standard InChI is InChI=1S/C21H28N2O.ClH/c1-4-23(5-2)17-16-21(20(24)22-3,18-12-8-6-9-13-18)19-14-10-7-11-15-19;/h6-15H,4-5,16-17H2,1-3H3,(H,22,24);1H. The number of amides is 1. The number of rotatable bonds is 8. The van der Waals surface area contributed by atoms with E-state index in [1.54, 1.807) is 7.05 Å². The Morgan fingerprint density at radius 1 is 0.920 bits per heavy atom. The summed E-state index contributed by atoms with van der Waals surface area (Å²) in [4.78, 5) is 15.5. The fourth-order valence-corrected chi connectivity index (χ4v) is 3.36. The molecule has 25 heavy (non-hydrogen) atoms. The molecule has 4 heteroatoms. The van der Waals surface area contributed by atoms with E-state index >= 15 is 0 Å². The zero-order valence-electron chi connectivity index (χ0n) is 15.4. The second-order valence-corrected chi connectivity index (χ2v) is 5.99. The topological polar surface area (TPSA) is 32.3 Å². The van der Waals surface area contributed by atoms with Crippen molar-refractivity contribution < 1.29 is 4.79 Å². The van der Waals surface area contributed by atoms with Crippen LogP contribution in [-0.2, 0) is 10.2 Å². The maximum absolute atomic E-state index is 13.1. The number of nitrogens with one attached hydrogen (secondary N) is 1. The second kappa shape index (κ2) is 10.2. The highest BCUT2D eigenvalue weighted by atomic mass is 35.5. The van der Waals surface area contributed by atoms with Gasteiger partial charge in [0.15, 0.2) is 0 Å². The number of hydrogen-bond acceptors (Lipinski definition) is 2. The Labute approximate surface area is 157 Å². The Hall–Kier alpha value is -1.84. The van der Waals surface area contributed by atoms with E-state index in [9.17, 15) is 4.79 Å². The summed E-state index contributed by atoms with van der Waals surface area (Å²) in [5.41, 5.74) is 1.42. The molecular formula is C21H29ClN2O. The van der Waals surface area contributed by atoms with E-state index in [-0.39, 0.29) is 18.3 Å². The molecular weight excluding hydrogens is 332 g/mol. The molecule has 0 aliphatic rings.